The van der Waals surface area contributed by atoms with Gasteiger partial charge in [0.1, 0.15) is 5.56 Å². The third-order valence-electron chi connectivity index (χ3n) is 6.19. The molecule has 2 aromatic rings. The largest absolute Gasteiger partial charge is 0.494 e. The Hall–Kier alpha value is -3.43. The minimum absolute atomic E-state index is 0.0256. The molecular formula is C22H28N4O6. The summed E-state index contributed by atoms with van der Waals surface area (Å²) >= 11 is 0. The summed E-state index contributed by atoms with van der Waals surface area (Å²) in [5, 5.41) is 15.2. The molecule has 2 aliphatic rings. The Morgan fingerprint density at radius 2 is 1.69 bits per heavy atom. The molecule has 1 aromatic heterocycles. The Morgan fingerprint density at radius 1 is 1.03 bits per heavy atom. The van der Waals surface area contributed by atoms with Crippen LogP contribution in [0.25, 0.3) is 0 Å². The van der Waals surface area contributed by atoms with Gasteiger partial charge >= 0.3 is 5.69 Å². The third-order valence-corrected chi connectivity index (χ3v) is 6.19. The number of ether oxygens (including phenoxy) is 3. The number of benzene rings is 1. The van der Waals surface area contributed by atoms with Crippen LogP contribution in [0.2, 0.25) is 0 Å². The predicted octanol–water partition coefficient (Wildman–Crippen LogP) is 2.21. The van der Waals surface area contributed by atoms with Crippen molar-refractivity contribution in [1.82, 2.24) is 15.0 Å². The fraction of sp³-hybridized carbons (Fsp3) is 0.500. The first-order valence-electron chi connectivity index (χ1n) is 10.7. The molecule has 1 atom stereocenters. The van der Waals surface area contributed by atoms with Gasteiger partial charge in [-0.3, -0.25) is 14.3 Å². The van der Waals surface area contributed by atoms with Gasteiger partial charge in [-0.05, 0) is 30.5 Å². The summed E-state index contributed by atoms with van der Waals surface area (Å²) in [4.78, 5) is 27.4. The number of nitrogens with zero attached hydrogens (tertiary/aromatic N) is 2. The molecule has 2 heterocycles. The number of aromatic amines is 1. The number of nitrogens with one attached hydrogen (secondary N) is 2. The zero-order valence-corrected chi connectivity index (χ0v) is 18.4. The standard InChI is InChI=1S/C22H28N4O6/c1-30-16-9-12(10-17(31-2)19(16)32-3)14-11-15(25-24-14)18-20(27)23-22(29)26(21(18)28)13-7-5-4-6-8-13/h9-10,13-14,24,28H,4-8,11H2,1-3H3,(H,23,27,29)/t14-/m0/s1. The molecule has 1 aromatic carbocycles. The predicted molar refractivity (Wildman–Crippen MR) is 118 cm³/mol. The lowest BCUT2D eigenvalue weighted by atomic mass is 9.95. The maximum atomic E-state index is 12.6. The average Bonchev–Trinajstić information content (AvgIpc) is 3.28. The van der Waals surface area contributed by atoms with Crippen LogP contribution in [0.5, 0.6) is 23.1 Å². The lowest BCUT2D eigenvalue weighted by Crippen LogP contribution is -2.36. The molecule has 0 spiro atoms. The zero-order chi connectivity index (χ0) is 22.8. The van der Waals surface area contributed by atoms with E-state index in [4.69, 9.17) is 14.2 Å². The first kappa shape index (κ1) is 21.8. The fourth-order valence-corrected chi connectivity index (χ4v) is 4.57. The highest BCUT2D eigenvalue weighted by Crippen LogP contribution is 2.41. The Kier molecular flexibility index (Phi) is 6.11. The summed E-state index contributed by atoms with van der Waals surface area (Å²) in [6, 6.07) is 3.20. The summed E-state index contributed by atoms with van der Waals surface area (Å²) in [7, 11) is 4.61. The zero-order valence-electron chi connectivity index (χ0n) is 18.4. The molecule has 0 bridgehead atoms. The Bertz CT molecular complexity index is 1120. The second kappa shape index (κ2) is 8.97. The van der Waals surface area contributed by atoms with Crippen LogP contribution in [0, 0.1) is 0 Å². The maximum absolute atomic E-state index is 12.6. The average molecular weight is 444 g/mol. The molecule has 1 aliphatic carbocycles. The van der Waals surface area contributed by atoms with Crippen LogP contribution < -0.4 is 30.9 Å². The number of methoxy groups -OCH3 is 3. The number of hydrogen-bond donors (Lipinski definition) is 3. The molecule has 1 saturated carbocycles. The highest BCUT2D eigenvalue weighted by atomic mass is 16.5. The van der Waals surface area contributed by atoms with Gasteiger partial charge in [-0.25, -0.2) is 4.79 Å². The topological polar surface area (TPSA) is 127 Å². The van der Waals surface area contributed by atoms with E-state index < -0.39 is 11.2 Å². The Balaban J connectivity index is 1.67. The van der Waals surface area contributed by atoms with Gasteiger partial charge in [0.2, 0.25) is 11.6 Å². The van der Waals surface area contributed by atoms with E-state index >= 15 is 0 Å². The number of hydrogen-bond acceptors (Lipinski definition) is 8. The molecule has 1 fully saturated rings. The summed E-state index contributed by atoms with van der Waals surface area (Å²) in [5.41, 5.74) is 3.00. The van der Waals surface area contributed by atoms with Crippen LogP contribution in [0.1, 0.15) is 61.7 Å². The second-order valence-electron chi connectivity index (χ2n) is 8.02. The Morgan fingerprint density at radius 3 is 2.28 bits per heavy atom. The summed E-state index contributed by atoms with van der Waals surface area (Å²) in [5.74, 6) is 1.16. The highest BCUT2D eigenvalue weighted by molar-refractivity contribution is 6.03. The quantitative estimate of drug-likeness (QED) is 0.623. The minimum Gasteiger partial charge on any atom is -0.494 e. The first-order chi connectivity index (χ1) is 15.5. The number of H-pyrrole nitrogens is 1. The molecule has 1 aliphatic heterocycles. The lowest BCUT2D eigenvalue weighted by Gasteiger charge is -2.25. The molecule has 0 radical (unpaired) electrons. The van der Waals surface area contributed by atoms with E-state index in [2.05, 4.69) is 15.5 Å². The first-order valence-corrected chi connectivity index (χ1v) is 10.7. The molecule has 10 heteroatoms. The van der Waals surface area contributed by atoms with Gasteiger partial charge in [0, 0.05) is 12.5 Å². The van der Waals surface area contributed by atoms with Crippen LogP contribution in [0.4, 0.5) is 0 Å². The van der Waals surface area contributed by atoms with Crippen LogP contribution in [0.3, 0.4) is 0 Å². The van der Waals surface area contributed by atoms with E-state index in [9.17, 15) is 14.7 Å². The van der Waals surface area contributed by atoms with Crippen molar-refractivity contribution in [2.45, 2.75) is 50.6 Å². The normalized spacial score (nSPS) is 18.7. The van der Waals surface area contributed by atoms with Gasteiger partial charge in [0.15, 0.2) is 11.5 Å². The van der Waals surface area contributed by atoms with E-state index in [1.807, 2.05) is 12.1 Å². The summed E-state index contributed by atoms with van der Waals surface area (Å²) < 4.78 is 17.5. The summed E-state index contributed by atoms with van der Waals surface area (Å²) in [6.45, 7) is 0. The van der Waals surface area contributed by atoms with Crippen LogP contribution in [-0.2, 0) is 0 Å². The molecule has 32 heavy (non-hydrogen) atoms. The van der Waals surface area contributed by atoms with Gasteiger partial charge in [0.05, 0.1) is 33.1 Å². The molecule has 4 rings (SSSR count). The second-order valence-corrected chi connectivity index (χ2v) is 8.02. The molecule has 0 saturated heterocycles. The summed E-state index contributed by atoms with van der Waals surface area (Å²) in [6.07, 6.45) is 4.98. The number of aromatic hydroxyl groups is 1. The lowest BCUT2D eigenvalue weighted by molar-refractivity contribution is 0.298. The van der Waals surface area contributed by atoms with E-state index in [0.717, 1.165) is 37.7 Å². The van der Waals surface area contributed by atoms with Crippen molar-refractivity contribution in [3.8, 4) is 23.1 Å². The van der Waals surface area contributed by atoms with Crippen molar-refractivity contribution < 1.29 is 19.3 Å². The van der Waals surface area contributed by atoms with Crippen molar-refractivity contribution in [2.24, 2.45) is 5.10 Å². The van der Waals surface area contributed by atoms with E-state index in [1.54, 1.807) is 0 Å². The van der Waals surface area contributed by atoms with Crippen molar-refractivity contribution in [3.63, 3.8) is 0 Å². The molecule has 3 N–H and O–H groups in total. The molecule has 0 amide bonds. The van der Waals surface area contributed by atoms with Crippen molar-refractivity contribution >= 4 is 5.71 Å². The van der Waals surface area contributed by atoms with Crippen molar-refractivity contribution in [1.29, 1.82) is 0 Å². The maximum Gasteiger partial charge on any atom is 0.331 e. The minimum atomic E-state index is -0.648. The molecule has 0 unspecified atom stereocenters. The SMILES string of the molecule is COc1cc([C@@H]2CC(c3c(O)n(C4CCCCC4)c(=O)[nH]c3=O)=NN2)cc(OC)c1OC. The van der Waals surface area contributed by atoms with Crippen molar-refractivity contribution in [3.05, 3.63) is 44.1 Å². The van der Waals surface area contributed by atoms with Gasteiger partial charge in [-0.15, -0.1) is 0 Å². The van der Waals surface area contributed by atoms with Gasteiger partial charge in [-0.2, -0.15) is 5.10 Å². The van der Waals surface area contributed by atoms with Crippen LogP contribution in [-0.4, -0.2) is 41.7 Å². The molecule has 172 valence electrons. The van der Waals surface area contributed by atoms with E-state index in [-0.39, 0.29) is 23.5 Å². The smallest absolute Gasteiger partial charge is 0.331 e. The fourth-order valence-electron chi connectivity index (χ4n) is 4.57. The van der Waals surface area contributed by atoms with E-state index in [1.165, 1.54) is 25.9 Å². The molecular weight excluding hydrogens is 416 g/mol. The third kappa shape index (κ3) is 3.80. The van der Waals surface area contributed by atoms with Gasteiger partial charge < -0.3 is 24.7 Å². The number of aromatic nitrogens is 2. The van der Waals surface area contributed by atoms with Crippen molar-refractivity contribution in [2.75, 3.05) is 21.3 Å². The Labute approximate surface area is 184 Å². The van der Waals surface area contributed by atoms with Crippen LogP contribution in [0.15, 0.2) is 26.8 Å². The van der Waals surface area contributed by atoms with Crippen LogP contribution >= 0.6 is 0 Å². The number of hydrazone groups is 1. The van der Waals surface area contributed by atoms with Gasteiger partial charge in [0.25, 0.3) is 5.56 Å². The number of rotatable bonds is 6. The van der Waals surface area contributed by atoms with E-state index in [0.29, 0.717) is 29.4 Å². The molecule has 10 nitrogen and oxygen atoms in total. The highest BCUT2D eigenvalue weighted by Gasteiger charge is 2.30. The monoisotopic (exact) mass is 444 g/mol. The van der Waals surface area contributed by atoms with Gasteiger partial charge in [-0.1, -0.05) is 19.3 Å².